The lowest BCUT2D eigenvalue weighted by Crippen LogP contribution is -2.30. The lowest BCUT2D eigenvalue weighted by atomic mass is 9.89. The summed E-state index contributed by atoms with van der Waals surface area (Å²) in [5.74, 6) is 1.71. The zero-order chi connectivity index (χ0) is 14.5. The van der Waals surface area contributed by atoms with E-state index in [0.29, 0.717) is 12.0 Å². The second kappa shape index (κ2) is 6.77. The summed E-state index contributed by atoms with van der Waals surface area (Å²) in [4.78, 5) is 0. The molecule has 1 saturated heterocycles. The SMILES string of the molecule is COc1ccccc1CC1NCCC1Cc1ccccc1. The molecule has 1 heterocycles. The van der Waals surface area contributed by atoms with Gasteiger partial charge in [-0.3, -0.25) is 0 Å². The van der Waals surface area contributed by atoms with Crippen LogP contribution in [0.2, 0.25) is 0 Å². The van der Waals surface area contributed by atoms with Crippen molar-refractivity contribution in [3.05, 3.63) is 65.7 Å². The van der Waals surface area contributed by atoms with E-state index < -0.39 is 0 Å². The van der Waals surface area contributed by atoms with Crippen molar-refractivity contribution < 1.29 is 4.74 Å². The maximum absolute atomic E-state index is 5.48. The summed E-state index contributed by atoms with van der Waals surface area (Å²) in [5, 5.41) is 3.67. The van der Waals surface area contributed by atoms with E-state index in [9.17, 15) is 0 Å². The Labute approximate surface area is 127 Å². The average Bonchev–Trinajstić information content (AvgIpc) is 2.96. The van der Waals surface area contributed by atoms with Crippen LogP contribution in [0.25, 0.3) is 0 Å². The van der Waals surface area contributed by atoms with Crippen LogP contribution in [-0.4, -0.2) is 19.7 Å². The van der Waals surface area contributed by atoms with E-state index in [-0.39, 0.29) is 0 Å². The third-order valence-electron chi connectivity index (χ3n) is 4.46. The normalized spacial score (nSPS) is 21.4. The van der Waals surface area contributed by atoms with Crippen LogP contribution < -0.4 is 10.1 Å². The molecule has 0 aliphatic carbocycles. The number of benzene rings is 2. The van der Waals surface area contributed by atoms with Crippen LogP contribution in [0.4, 0.5) is 0 Å². The first-order valence-electron chi connectivity index (χ1n) is 7.76. The predicted octanol–water partition coefficient (Wildman–Crippen LogP) is 3.46. The summed E-state index contributed by atoms with van der Waals surface area (Å²) in [6.45, 7) is 1.12. The Hall–Kier alpha value is -1.80. The number of ether oxygens (including phenoxy) is 1. The van der Waals surface area contributed by atoms with Gasteiger partial charge in [-0.2, -0.15) is 0 Å². The molecule has 2 heteroatoms. The summed E-state index contributed by atoms with van der Waals surface area (Å²) in [6, 6.07) is 19.7. The minimum absolute atomic E-state index is 0.543. The van der Waals surface area contributed by atoms with E-state index >= 15 is 0 Å². The van der Waals surface area contributed by atoms with Gasteiger partial charge in [0.2, 0.25) is 0 Å². The van der Waals surface area contributed by atoms with Crippen LogP contribution in [-0.2, 0) is 12.8 Å². The van der Waals surface area contributed by atoms with Crippen molar-refractivity contribution in [3.63, 3.8) is 0 Å². The standard InChI is InChI=1S/C19H23NO/c1-21-19-10-6-5-9-17(19)14-18-16(11-12-20-18)13-15-7-3-2-4-8-15/h2-10,16,18,20H,11-14H2,1H3. The van der Waals surface area contributed by atoms with Gasteiger partial charge >= 0.3 is 0 Å². The fraction of sp³-hybridized carbons (Fsp3) is 0.368. The van der Waals surface area contributed by atoms with Gasteiger partial charge in [0.25, 0.3) is 0 Å². The number of methoxy groups -OCH3 is 1. The first-order valence-corrected chi connectivity index (χ1v) is 7.76. The number of hydrogen-bond acceptors (Lipinski definition) is 2. The third-order valence-corrected chi connectivity index (χ3v) is 4.46. The Bertz CT molecular complexity index is 567. The molecule has 1 N–H and O–H groups in total. The van der Waals surface area contributed by atoms with Crippen molar-refractivity contribution >= 4 is 0 Å². The summed E-state index contributed by atoms with van der Waals surface area (Å²) in [6.07, 6.45) is 3.46. The second-order valence-corrected chi connectivity index (χ2v) is 5.82. The fourth-order valence-corrected chi connectivity index (χ4v) is 3.33. The van der Waals surface area contributed by atoms with E-state index in [1.54, 1.807) is 7.11 Å². The minimum Gasteiger partial charge on any atom is -0.496 e. The van der Waals surface area contributed by atoms with Crippen molar-refractivity contribution in [3.8, 4) is 5.75 Å². The highest BCUT2D eigenvalue weighted by Crippen LogP contribution is 2.27. The first kappa shape index (κ1) is 14.2. The van der Waals surface area contributed by atoms with E-state index in [2.05, 4.69) is 53.8 Å². The monoisotopic (exact) mass is 281 g/mol. The maximum atomic E-state index is 5.48. The van der Waals surface area contributed by atoms with Crippen molar-refractivity contribution in [2.75, 3.05) is 13.7 Å². The Morgan fingerprint density at radius 3 is 2.57 bits per heavy atom. The summed E-state index contributed by atoms with van der Waals surface area (Å²) in [7, 11) is 1.75. The molecule has 2 unspecified atom stereocenters. The van der Waals surface area contributed by atoms with Crippen molar-refractivity contribution in [2.24, 2.45) is 5.92 Å². The van der Waals surface area contributed by atoms with Gasteiger partial charge in [0.05, 0.1) is 7.11 Å². The van der Waals surface area contributed by atoms with Crippen LogP contribution in [0.1, 0.15) is 17.5 Å². The number of para-hydroxylation sites is 1. The molecule has 0 spiro atoms. The molecule has 1 fully saturated rings. The Morgan fingerprint density at radius 1 is 1.00 bits per heavy atom. The largest absolute Gasteiger partial charge is 0.496 e. The zero-order valence-corrected chi connectivity index (χ0v) is 12.6. The van der Waals surface area contributed by atoms with Crippen molar-refractivity contribution in [1.29, 1.82) is 0 Å². The van der Waals surface area contributed by atoms with E-state index in [0.717, 1.165) is 25.1 Å². The topological polar surface area (TPSA) is 21.3 Å². The number of rotatable bonds is 5. The third kappa shape index (κ3) is 3.45. The fourth-order valence-electron chi connectivity index (χ4n) is 3.33. The van der Waals surface area contributed by atoms with Crippen molar-refractivity contribution in [2.45, 2.75) is 25.3 Å². The minimum atomic E-state index is 0.543. The molecule has 0 amide bonds. The molecule has 0 radical (unpaired) electrons. The number of nitrogens with one attached hydrogen (secondary N) is 1. The Balaban J connectivity index is 1.69. The van der Waals surface area contributed by atoms with Gasteiger partial charge < -0.3 is 10.1 Å². The van der Waals surface area contributed by atoms with Gasteiger partial charge in [-0.05, 0) is 48.9 Å². The van der Waals surface area contributed by atoms with E-state index in [1.807, 2.05) is 6.07 Å². The van der Waals surface area contributed by atoms with Crippen molar-refractivity contribution in [1.82, 2.24) is 5.32 Å². The Morgan fingerprint density at radius 2 is 1.76 bits per heavy atom. The summed E-state index contributed by atoms with van der Waals surface area (Å²) < 4.78 is 5.48. The van der Waals surface area contributed by atoms with Crippen LogP contribution in [0.3, 0.4) is 0 Å². The molecular formula is C19H23NO. The second-order valence-electron chi connectivity index (χ2n) is 5.82. The Kier molecular flexibility index (Phi) is 4.56. The lowest BCUT2D eigenvalue weighted by Gasteiger charge is -2.21. The maximum Gasteiger partial charge on any atom is 0.122 e. The van der Waals surface area contributed by atoms with Gasteiger partial charge in [0.1, 0.15) is 5.75 Å². The highest BCUT2D eigenvalue weighted by molar-refractivity contribution is 5.34. The summed E-state index contributed by atoms with van der Waals surface area (Å²) in [5.41, 5.74) is 2.74. The van der Waals surface area contributed by atoms with E-state index in [1.165, 1.54) is 17.5 Å². The molecule has 0 bridgehead atoms. The summed E-state index contributed by atoms with van der Waals surface area (Å²) >= 11 is 0. The molecule has 2 aromatic carbocycles. The van der Waals surface area contributed by atoms with E-state index in [4.69, 9.17) is 4.74 Å². The highest BCUT2D eigenvalue weighted by Gasteiger charge is 2.27. The van der Waals surface area contributed by atoms with Gasteiger partial charge in [-0.15, -0.1) is 0 Å². The molecule has 1 aliphatic rings. The van der Waals surface area contributed by atoms with Gasteiger partial charge in [-0.25, -0.2) is 0 Å². The highest BCUT2D eigenvalue weighted by atomic mass is 16.5. The smallest absolute Gasteiger partial charge is 0.122 e. The molecule has 2 aromatic rings. The van der Waals surface area contributed by atoms with Crippen LogP contribution in [0, 0.1) is 5.92 Å². The van der Waals surface area contributed by atoms with Crippen LogP contribution in [0.5, 0.6) is 5.75 Å². The van der Waals surface area contributed by atoms with Crippen LogP contribution in [0.15, 0.2) is 54.6 Å². The number of hydrogen-bond donors (Lipinski definition) is 1. The molecule has 110 valence electrons. The predicted molar refractivity (Wildman–Crippen MR) is 86.7 cm³/mol. The lowest BCUT2D eigenvalue weighted by molar-refractivity contribution is 0.397. The first-order chi connectivity index (χ1) is 10.4. The molecular weight excluding hydrogens is 258 g/mol. The van der Waals surface area contributed by atoms with Crippen LogP contribution >= 0.6 is 0 Å². The van der Waals surface area contributed by atoms with Gasteiger partial charge in [-0.1, -0.05) is 48.5 Å². The molecule has 2 nitrogen and oxygen atoms in total. The molecule has 0 saturated carbocycles. The van der Waals surface area contributed by atoms with Gasteiger partial charge in [0, 0.05) is 6.04 Å². The zero-order valence-electron chi connectivity index (χ0n) is 12.6. The quantitative estimate of drug-likeness (QED) is 0.906. The molecule has 2 atom stereocenters. The average molecular weight is 281 g/mol. The molecule has 21 heavy (non-hydrogen) atoms. The molecule has 0 aromatic heterocycles. The molecule has 3 rings (SSSR count). The molecule has 1 aliphatic heterocycles. The van der Waals surface area contributed by atoms with Gasteiger partial charge in [0.15, 0.2) is 0 Å².